The second kappa shape index (κ2) is 5.66. The van der Waals surface area contributed by atoms with Gasteiger partial charge in [-0.3, -0.25) is 0 Å². The molecule has 19 heavy (non-hydrogen) atoms. The molecule has 1 saturated heterocycles. The van der Waals surface area contributed by atoms with Crippen LogP contribution in [0.4, 0.5) is 0 Å². The average molecular weight is 261 g/mol. The first-order chi connectivity index (χ1) is 9.25. The molecule has 1 aliphatic heterocycles. The van der Waals surface area contributed by atoms with Crippen LogP contribution < -0.4 is 5.32 Å². The Hall–Kier alpha value is -0.830. The van der Waals surface area contributed by atoms with Crippen LogP contribution in [0, 0.1) is 5.92 Å². The van der Waals surface area contributed by atoms with Crippen molar-refractivity contribution in [1.29, 1.82) is 0 Å². The zero-order chi connectivity index (χ0) is 13.2. The molecule has 1 aromatic heterocycles. The number of nitrogens with zero attached hydrogens (tertiary/aromatic N) is 2. The first-order valence-electron chi connectivity index (χ1n) is 8.03. The first-order valence-corrected chi connectivity index (χ1v) is 8.03. The third kappa shape index (κ3) is 2.71. The van der Waals surface area contributed by atoms with Crippen molar-refractivity contribution in [3.63, 3.8) is 0 Å². The Morgan fingerprint density at radius 1 is 1.21 bits per heavy atom. The highest BCUT2D eigenvalue weighted by molar-refractivity contribution is 5.09. The molecule has 1 N–H and O–H groups in total. The molecule has 0 radical (unpaired) electrons. The van der Waals surface area contributed by atoms with Gasteiger partial charge in [-0.15, -0.1) is 0 Å². The molecule has 3 heteroatoms. The largest absolute Gasteiger partial charge is 0.330 e. The number of imidazole rings is 1. The van der Waals surface area contributed by atoms with E-state index in [1.165, 1.54) is 50.6 Å². The van der Waals surface area contributed by atoms with Crippen molar-refractivity contribution in [1.82, 2.24) is 14.9 Å². The summed E-state index contributed by atoms with van der Waals surface area (Å²) >= 11 is 0. The quantitative estimate of drug-likeness (QED) is 0.896. The molecule has 1 aliphatic carbocycles. The van der Waals surface area contributed by atoms with Crippen LogP contribution in [0.25, 0.3) is 0 Å². The van der Waals surface area contributed by atoms with E-state index in [4.69, 9.17) is 0 Å². The molecule has 3 rings (SSSR count). The molecular formula is C16H27N3. The Balaban J connectivity index is 1.77. The smallest absolute Gasteiger partial charge is 0.0951 e. The minimum atomic E-state index is 0.509. The molecule has 2 heterocycles. The predicted molar refractivity (Wildman–Crippen MR) is 78.1 cm³/mol. The van der Waals surface area contributed by atoms with Crippen molar-refractivity contribution in [2.45, 2.75) is 76.9 Å². The van der Waals surface area contributed by atoms with Gasteiger partial charge in [-0.25, -0.2) is 4.98 Å². The number of nitrogens with one attached hydrogen (secondary N) is 1. The highest BCUT2D eigenvalue weighted by atomic mass is 15.1. The van der Waals surface area contributed by atoms with E-state index in [2.05, 4.69) is 41.2 Å². The van der Waals surface area contributed by atoms with Crippen molar-refractivity contribution in [3.05, 3.63) is 18.2 Å². The third-order valence-electron chi connectivity index (χ3n) is 5.19. The van der Waals surface area contributed by atoms with Gasteiger partial charge in [0.2, 0.25) is 0 Å². The number of piperidine rings is 1. The maximum absolute atomic E-state index is 4.44. The van der Waals surface area contributed by atoms with Gasteiger partial charge < -0.3 is 9.88 Å². The molecule has 2 fully saturated rings. The van der Waals surface area contributed by atoms with E-state index in [0.29, 0.717) is 18.1 Å². The molecule has 106 valence electrons. The van der Waals surface area contributed by atoms with Gasteiger partial charge in [0, 0.05) is 24.3 Å². The van der Waals surface area contributed by atoms with Gasteiger partial charge in [-0.1, -0.05) is 12.8 Å². The Bertz CT molecular complexity index is 389. The Morgan fingerprint density at radius 2 is 2.00 bits per heavy atom. The summed E-state index contributed by atoms with van der Waals surface area (Å²) in [6, 6.07) is 1.76. The highest BCUT2D eigenvalue weighted by Crippen LogP contribution is 2.36. The maximum atomic E-state index is 4.44. The van der Waals surface area contributed by atoms with E-state index in [1.807, 2.05) is 0 Å². The van der Waals surface area contributed by atoms with Crippen LogP contribution in [0.1, 0.15) is 76.6 Å². The first kappa shape index (κ1) is 13.2. The van der Waals surface area contributed by atoms with Gasteiger partial charge in [0.15, 0.2) is 0 Å². The minimum absolute atomic E-state index is 0.509. The van der Waals surface area contributed by atoms with Gasteiger partial charge >= 0.3 is 0 Å². The molecule has 2 aliphatic rings. The minimum Gasteiger partial charge on any atom is -0.330 e. The van der Waals surface area contributed by atoms with Crippen molar-refractivity contribution >= 4 is 0 Å². The van der Waals surface area contributed by atoms with E-state index in [-0.39, 0.29) is 0 Å². The maximum Gasteiger partial charge on any atom is 0.0951 e. The number of rotatable bonds is 3. The number of hydrogen-bond acceptors (Lipinski definition) is 2. The van der Waals surface area contributed by atoms with Crippen molar-refractivity contribution in [2.75, 3.05) is 0 Å². The van der Waals surface area contributed by atoms with Gasteiger partial charge in [0.1, 0.15) is 0 Å². The summed E-state index contributed by atoms with van der Waals surface area (Å²) in [6.07, 6.45) is 13.7. The van der Waals surface area contributed by atoms with Gasteiger partial charge in [0.25, 0.3) is 0 Å². The van der Waals surface area contributed by atoms with Gasteiger partial charge in [-0.2, -0.15) is 0 Å². The molecule has 0 bridgehead atoms. The van der Waals surface area contributed by atoms with Crippen LogP contribution in [0.5, 0.6) is 0 Å². The predicted octanol–water partition coefficient (Wildman–Crippen LogP) is 3.84. The highest BCUT2D eigenvalue weighted by Gasteiger charge is 2.27. The van der Waals surface area contributed by atoms with Crippen LogP contribution in [0.2, 0.25) is 0 Å². The van der Waals surface area contributed by atoms with Gasteiger partial charge in [0.05, 0.1) is 12.0 Å². The van der Waals surface area contributed by atoms with Crippen molar-refractivity contribution in [2.24, 2.45) is 5.92 Å². The SMILES string of the molecule is CC1CCCC(c2cncn2C(C)C2CCCC2)N1. The summed E-state index contributed by atoms with van der Waals surface area (Å²) in [5, 5.41) is 3.74. The number of hydrogen-bond donors (Lipinski definition) is 1. The molecule has 1 aromatic rings. The summed E-state index contributed by atoms with van der Waals surface area (Å²) in [4.78, 5) is 4.44. The summed E-state index contributed by atoms with van der Waals surface area (Å²) in [5.74, 6) is 0.856. The molecule has 0 amide bonds. The Morgan fingerprint density at radius 3 is 2.74 bits per heavy atom. The second-order valence-corrected chi connectivity index (χ2v) is 6.56. The molecule has 3 unspecified atom stereocenters. The molecule has 3 atom stereocenters. The fourth-order valence-electron chi connectivity index (χ4n) is 3.96. The average Bonchev–Trinajstić information content (AvgIpc) is 3.09. The van der Waals surface area contributed by atoms with E-state index in [9.17, 15) is 0 Å². The molecular weight excluding hydrogens is 234 g/mol. The van der Waals surface area contributed by atoms with Crippen LogP contribution in [0.3, 0.4) is 0 Å². The van der Waals surface area contributed by atoms with Crippen molar-refractivity contribution < 1.29 is 0 Å². The zero-order valence-corrected chi connectivity index (χ0v) is 12.3. The van der Waals surface area contributed by atoms with E-state index < -0.39 is 0 Å². The summed E-state index contributed by atoms with van der Waals surface area (Å²) in [5.41, 5.74) is 1.41. The lowest BCUT2D eigenvalue weighted by Crippen LogP contribution is -2.36. The zero-order valence-electron chi connectivity index (χ0n) is 12.3. The monoisotopic (exact) mass is 261 g/mol. The summed E-state index contributed by atoms with van der Waals surface area (Å²) in [7, 11) is 0. The van der Waals surface area contributed by atoms with Crippen LogP contribution in [0.15, 0.2) is 12.5 Å². The standard InChI is InChI=1S/C16H27N3/c1-12-6-5-9-15(18-12)16-10-17-11-19(16)13(2)14-7-3-4-8-14/h10-15,18H,3-9H2,1-2H3. The Labute approximate surface area is 116 Å². The van der Waals surface area contributed by atoms with E-state index in [1.54, 1.807) is 0 Å². The lowest BCUT2D eigenvalue weighted by atomic mass is 9.95. The van der Waals surface area contributed by atoms with Gasteiger partial charge in [-0.05, 0) is 51.9 Å². The molecule has 3 nitrogen and oxygen atoms in total. The third-order valence-corrected chi connectivity index (χ3v) is 5.19. The summed E-state index contributed by atoms with van der Waals surface area (Å²) < 4.78 is 2.45. The Kier molecular flexibility index (Phi) is 3.92. The fraction of sp³-hybridized carbons (Fsp3) is 0.812. The lowest BCUT2D eigenvalue weighted by molar-refractivity contribution is 0.302. The second-order valence-electron chi connectivity index (χ2n) is 6.56. The molecule has 0 aromatic carbocycles. The fourth-order valence-corrected chi connectivity index (χ4v) is 3.96. The molecule has 0 spiro atoms. The topological polar surface area (TPSA) is 29.9 Å². The normalized spacial score (nSPS) is 30.6. The van der Waals surface area contributed by atoms with Crippen LogP contribution in [-0.4, -0.2) is 15.6 Å². The summed E-state index contributed by atoms with van der Waals surface area (Å²) in [6.45, 7) is 4.68. The van der Waals surface area contributed by atoms with Crippen LogP contribution in [-0.2, 0) is 0 Å². The van der Waals surface area contributed by atoms with E-state index >= 15 is 0 Å². The van der Waals surface area contributed by atoms with E-state index in [0.717, 1.165) is 5.92 Å². The van der Waals surface area contributed by atoms with Crippen molar-refractivity contribution in [3.8, 4) is 0 Å². The number of aromatic nitrogens is 2. The molecule has 1 saturated carbocycles. The lowest BCUT2D eigenvalue weighted by Gasteiger charge is -2.31. The van der Waals surface area contributed by atoms with Crippen LogP contribution >= 0.6 is 0 Å².